The van der Waals surface area contributed by atoms with Crippen LogP contribution in [0.15, 0.2) is 0 Å². The molecule has 1 amide bonds. The molecule has 0 bridgehead atoms. The summed E-state index contributed by atoms with van der Waals surface area (Å²) in [6.45, 7) is 10.9. The lowest BCUT2D eigenvalue weighted by molar-refractivity contribution is -0.123. The highest BCUT2D eigenvalue weighted by Crippen LogP contribution is 2.04. The van der Waals surface area contributed by atoms with E-state index in [9.17, 15) is 4.79 Å². The molecular formula is C14H31NO. The van der Waals surface area contributed by atoms with Crippen molar-refractivity contribution in [1.29, 1.82) is 0 Å². The molecule has 2 nitrogen and oxygen atoms in total. The van der Waals surface area contributed by atoms with Crippen LogP contribution in [0.3, 0.4) is 0 Å². The molecule has 0 atom stereocenters. The third-order valence-corrected chi connectivity index (χ3v) is 2.35. The highest BCUT2D eigenvalue weighted by Gasteiger charge is 2.04. The van der Waals surface area contributed by atoms with Crippen LogP contribution in [0.5, 0.6) is 0 Å². The topological polar surface area (TPSA) is 29.1 Å². The first-order chi connectivity index (χ1) is 7.68. The normalized spacial score (nSPS) is 9.62. The van der Waals surface area contributed by atoms with E-state index in [1.54, 1.807) is 0 Å². The molecule has 0 aromatic heterocycles. The van der Waals surface area contributed by atoms with Crippen LogP contribution in [-0.2, 0) is 4.79 Å². The summed E-state index contributed by atoms with van der Waals surface area (Å²) in [5.41, 5.74) is 0. The van der Waals surface area contributed by atoms with E-state index in [2.05, 4.69) is 12.2 Å². The van der Waals surface area contributed by atoms with E-state index in [0.29, 0.717) is 0 Å². The van der Waals surface area contributed by atoms with E-state index in [4.69, 9.17) is 0 Å². The van der Waals surface area contributed by atoms with Gasteiger partial charge in [-0.05, 0) is 6.42 Å². The molecule has 0 fully saturated rings. The number of rotatable bonds is 8. The fourth-order valence-corrected chi connectivity index (χ4v) is 1.32. The van der Waals surface area contributed by atoms with E-state index in [1.165, 1.54) is 32.1 Å². The van der Waals surface area contributed by atoms with Crippen molar-refractivity contribution in [1.82, 2.24) is 5.32 Å². The monoisotopic (exact) mass is 229 g/mol. The van der Waals surface area contributed by atoms with E-state index < -0.39 is 0 Å². The van der Waals surface area contributed by atoms with Crippen molar-refractivity contribution in [2.45, 2.75) is 73.1 Å². The van der Waals surface area contributed by atoms with Crippen molar-refractivity contribution in [3.05, 3.63) is 0 Å². The lowest BCUT2D eigenvalue weighted by Crippen LogP contribution is -2.28. The van der Waals surface area contributed by atoms with Gasteiger partial charge in [-0.15, -0.1) is 0 Å². The maximum absolute atomic E-state index is 11.2. The smallest absolute Gasteiger partial charge is 0.222 e. The van der Waals surface area contributed by atoms with E-state index >= 15 is 0 Å². The molecule has 0 heterocycles. The van der Waals surface area contributed by atoms with Gasteiger partial charge in [-0.25, -0.2) is 0 Å². The summed E-state index contributed by atoms with van der Waals surface area (Å²) in [6, 6.07) is 0. The minimum Gasteiger partial charge on any atom is -0.356 e. The fourth-order valence-electron chi connectivity index (χ4n) is 1.32. The predicted octanol–water partition coefficient (Wildman–Crippen LogP) is 4.15. The van der Waals surface area contributed by atoms with Crippen molar-refractivity contribution in [3.63, 3.8) is 0 Å². The zero-order valence-corrected chi connectivity index (χ0v) is 11.9. The molecule has 0 radical (unpaired) electrons. The highest BCUT2D eigenvalue weighted by atomic mass is 16.1. The zero-order chi connectivity index (χ0) is 12.8. The number of carbonyl (C=O) groups is 1. The number of amides is 1. The fraction of sp³-hybridized carbons (Fsp3) is 0.929. The molecule has 2 heteroatoms. The summed E-state index contributed by atoms with van der Waals surface area (Å²) < 4.78 is 0. The first kappa shape index (κ1) is 17.9. The van der Waals surface area contributed by atoms with Gasteiger partial charge in [0.05, 0.1) is 0 Å². The van der Waals surface area contributed by atoms with Gasteiger partial charge >= 0.3 is 0 Å². The van der Waals surface area contributed by atoms with Gasteiger partial charge < -0.3 is 5.32 Å². The number of carbonyl (C=O) groups excluding carboxylic acids is 1. The Morgan fingerprint density at radius 3 is 2.00 bits per heavy atom. The Morgan fingerprint density at radius 1 is 1.00 bits per heavy atom. The maximum Gasteiger partial charge on any atom is 0.222 e. The molecule has 98 valence electrons. The van der Waals surface area contributed by atoms with Gasteiger partial charge in [0.15, 0.2) is 0 Å². The molecule has 0 saturated carbocycles. The zero-order valence-electron chi connectivity index (χ0n) is 11.9. The number of unbranched alkanes of at least 4 members (excludes halogenated alkanes) is 5. The Morgan fingerprint density at radius 2 is 1.50 bits per heavy atom. The van der Waals surface area contributed by atoms with Crippen LogP contribution in [0.25, 0.3) is 0 Å². The summed E-state index contributed by atoms with van der Waals surface area (Å²) in [4.78, 5) is 11.2. The van der Waals surface area contributed by atoms with Crippen molar-refractivity contribution >= 4 is 5.91 Å². The van der Waals surface area contributed by atoms with Gasteiger partial charge in [0.1, 0.15) is 0 Å². The lowest BCUT2D eigenvalue weighted by Gasteiger charge is -2.06. The summed E-state index contributed by atoms with van der Waals surface area (Å²) >= 11 is 0. The van der Waals surface area contributed by atoms with Gasteiger partial charge in [0.2, 0.25) is 5.91 Å². The Kier molecular flexibility index (Phi) is 16.1. The predicted molar refractivity (Wildman–Crippen MR) is 72.6 cm³/mol. The second kappa shape index (κ2) is 14.5. The van der Waals surface area contributed by atoms with Crippen LogP contribution in [0.4, 0.5) is 0 Å². The maximum atomic E-state index is 11.2. The Hall–Kier alpha value is -0.530. The van der Waals surface area contributed by atoms with Gasteiger partial charge in [-0.3, -0.25) is 4.79 Å². The van der Waals surface area contributed by atoms with Crippen molar-refractivity contribution in [2.75, 3.05) is 6.54 Å². The minimum atomic E-state index is 0.120. The largest absolute Gasteiger partial charge is 0.356 e. The van der Waals surface area contributed by atoms with Crippen LogP contribution in [0.2, 0.25) is 0 Å². The second-order valence-electron chi connectivity index (χ2n) is 4.21. The summed E-state index contributed by atoms with van der Waals surface area (Å²) in [5.74, 6) is 0.300. The summed E-state index contributed by atoms with van der Waals surface area (Å²) in [5, 5.41) is 2.93. The van der Waals surface area contributed by atoms with E-state index in [1.807, 2.05) is 27.7 Å². The first-order valence-electron chi connectivity index (χ1n) is 6.96. The quantitative estimate of drug-likeness (QED) is 0.623. The van der Waals surface area contributed by atoms with Crippen LogP contribution in [0.1, 0.15) is 73.1 Å². The van der Waals surface area contributed by atoms with Crippen LogP contribution in [-0.4, -0.2) is 12.5 Å². The molecule has 0 unspecified atom stereocenters. The Labute approximate surface area is 102 Å². The lowest BCUT2D eigenvalue weighted by atomic mass is 10.1. The Balaban J connectivity index is 0. The number of hydrogen-bond donors (Lipinski definition) is 1. The van der Waals surface area contributed by atoms with Crippen LogP contribution >= 0.6 is 0 Å². The van der Waals surface area contributed by atoms with Gasteiger partial charge in [0, 0.05) is 12.5 Å². The first-order valence-corrected chi connectivity index (χ1v) is 6.96. The molecule has 0 aromatic rings. The van der Waals surface area contributed by atoms with Gasteiger partial charge in [-0.2, -0.15) is 0 Å². The van der Waals surface area contributed by atoms with Crippen LogP contribution < -0.4 is 5.32 Å². The van der Waals surface area contributed by atoms with Crippen molar-refractivity contribution in [3.8, 4) is 0 Å². The summed E-state index contributed by atoms with van der Waals surface area (Å²) in [7, 11) is 0. The average molecular weight is 229 g/mol. The molecular weight excluding hydrogens is 198 g/mol. The van der Waals surface area contributed by atoms with Gasteiger partial charge in [0.25, 0.3) is 0 Å². The molecule has 0 aliphatic rings. The van der Waals surface area contributed by atoms with Gasteiger partial charge in [-0.1, -0.05) is 66.7 Å². The third kappa shape index (κ3) is 13.5. The molecule has 0 saturated heterocycles. The molecule has 0 aliphatic heterocycles. The van der Waals surface area contributed by atoms with E-state index in [-0.39, 0.29) is 11.8 Å². The average Bonchev–Trinajstić information content (AvgIpc) is 2.30. The van der Waals surface area contributed by atoms with Crippen molar-refractivity contribution in [2.24, 2.45) is 5.92 Å². The molecule has 1 N–H and O–H groups in total. The molecule has 0 aliphatic carbocycles. The number of nitrogens with one attached hydrogen (secondary N) is 1. The Bertz CT molecular complexity index is 144. The number of hydrogen-bond acceptors (Lipinski definition) is 1. The molecule has 0 aromatic carbocycles. The van der Waals surface area contributed by atoms with Crippen molar-refractivity contribution < 1.29 is 4.79 Å². The highest BCUT2D eigenvalue weighted by molar-refractivity contribution is 5.77. The third-order valence-electron chi connectivity index (χ3n) is 2.35. The van der Waals surface area contributed by atoms with E-state index in [0.717, 1.165) is 13.0 Å². The molecule has 0 rings (SSSR count). The molecule has 16 heavy (non-hydrogen) atoms. The van der Waals surface area contributed by atoms with Crippen LogP contribution in [0, 0.1) is 5.92 Å². The molecule has 0 spiro atoms. The standard InChI is InChI=1S/C12H25NO.C2H6/c1-4-5-6-7-8-9-10-13-12(14)11(2)3;1-2/h11H,4-10H2,1-3H3,(H,13,14);1-2H3. The second-order valence-corrected chi connectivity index (χ2v) is 4.21. The SMILES string of the molecule is CC.CCCCCCCCNC(=O)C(C)C. The summed E-state index contributed by atoms with van der Waals surface area (Å²) in [6.07, 6.45) is 7.67. The minimum absolute atomic E-state index is 0.120.